The third-order valence-corrected chi connectivity index (χ3v) is 2.81. The second-order valence-electron chi connectivity index (χ2n) is 3.93. The van der Waals surface area contributed by atoms with Crippen molar-refractivity contribution in [1.82, 2.24) is 0 Å². The molecular formula is C13H18O3. The number of carbonyl (C=O) groups excluding carboxylic acids is 2. The van der Waals surface area contributed by atoms with Crippen LogP contribution in [0.4, 0.5) is 0 Å². The summed E-state index contributed by atoms with van der Waals surface area (Å²) in [6.45, 7) is 2.05. The van der Waals surface area contributed by atoms with Crippen molar-refractivity contribution in [3.63, 3.8) is 0 Å². The zero-order valence-corrected chi connectivity index (χ0v) is 9.81. The maximum atomic E-state index is 11.6. The van der Waals surface area contributed by atoms with Gasteiger partial charge in [0, 0.05) is 5.92 Å². The monoisotopic (exact) mass is 222 g/mol. The number of ether oxygens (including phenoxy) is 1. The van der Waals surface area contributed by atoms with E-state index in [0.29, 0.717) is 12.8 Å². The quantitative estimate of drug-likeness (QED) is 0.529. The van der Waals surface area contributed by atoms with Crippen LogP contribution in [0.2, 0.25) is 0 Å². The SMILES string of the molecule is CC/C=C\C[C@H]1C(=O)C=C[C@H]1CC(=O)OC. The van der Waals surface area contributed by atoms with Gasteiger partial charge in [0.15, 0.2) is 5.78 Å². The van der Waals surface area contributed by atoms with E-state index in [1.54, 1.807) is 6.08 Å². The van der Waals surface area contributed by atoms with Crippen LogP contribution in [-0.2, 0) is 14.3 Å². The van der Waals surface area contributed by atoms with Crippen molar-refractivity contribution in [3.8, 4) is 0 Å². The Kier molecular flexibility index (Phi) is 4.96. The highest BCUT2D eigenvalue weighted by Crippen LogP contribution is 2.28. The Hall–Kier alpha value is -1.38. The summed E-state index contributed by atoms with van der Waals surface area (Å²) in [5.41, 5.74) is 0. The number of rotatable bonds is 5. The van der Waals surface area contributed by atoms with E-state index < -0.39 is 0 Å². The van der Waals surface area contributed by atoms with Crippen LogP contribution < -0.4 is 0 Å². The molecule has 3 heteroatoms. The predicted octanol–water partition coefficient (Wildman–Crippen LogP) is 2.28. The highest BCUT2D eigenvalue weighted by Gasteiger charge is 2.30. The molecule has 0 fully saturated rings. The van der Waals surface area contributed by atoms with Gasteiger partial charge in [-0.05, 0) is 24.8 Å². The number of methoxy groups -OCH3 is 1. The van der Waals surface area contributed by atoms with Gasteiger partial charge in [0.25, 0.3) is 0 Å². The molecule has 16 heavy (non-hydrogen) atoms. The third kappa shape index (κ3) is 3.33. The van der Waals surface area contributed by atoms with Crippen molar-refractivity contribution in [3.05, 3.63) is 24.3 Å². The topological polar surface area (TPSA) is 43.4 Å². The lowest BCUT2D eigenvalue weighted by molar-refractivity contribution is -0.141. The number of hydrogen-bond donors (Lipinski definition) is 0. The number of ketones is 1. The maximum Gasteiger partial charge on any atom is 0.306 e. The lowest BCUT2D eigenvalue weighted by Crippen LogP contribution is -2.18. The van der Waals surface area contributed by atoms with Crippen LogP contribution in [0.15, 0.2) is 24.3 Å². The molecule has 0 spiro atoms. The van der Waals surface area contributed by atoms with E-state index in [9.17, 15) is 9.59 Å². The predicted molar refractivity (Wildman–Crippen MR) is 61.8 cm³/mol. The molecule has 1 aliphatic carbocycles. The molecule has 0 saturated heterocycles. The normalized spacial score (nSPS) is 24.2. The van der Waals surface area contributed by atoms with Crippen molar-refractivity contribution >= 4 is 11.8 Å². The van der Waals surface area contributed by atoms with Gasteiger partial charge in [-0.3, -0.25) is 9.59 Å². The van der Waals surface area contributed by atoms with Crippen molar-refractivity contribution in [2.75, 3.05) is 7.11 Å². The Balaban J connectivity index is 2.55. The number of allylic oxidation sites excluding steroid dienone is 4. The summed E-state index contributed by atoms with van der Waals surface area (Å²) in [6.07, 6.45) is 9.43. The second kappa shape index (κ2) is 6.26. The van der Waals surface area contributed by atoms with Crippen molar-refractivity contribution < 1.29 is 14.3 Å². The van der Waals surface area contributed by atoms with E-state index in [0.717, 1.165) is 6.42 Å². The highest BCUT2D eigenvalue weighted by atomic mass is 16.5. The first-order valence-electron chi connectivity index (χ1n) is 5.62. The molecule has 2 atom stereocenters. The molecule has 0 aromatic rings. The molecule has 0 saturated carbocycles. The summed E-state index contributed by atoms with van der Waals surface area (Å²) < 4.78 is 4.62. The Bertz CT molecular complexity index is 315. The van der Waals surface area contributed by atoms with E-state index in [1.165, 1.54) is 7.11 Å². The van der Waals surface area contributed by atoms with Gasteiger partial charge in [-0.1, -0.05) is 25.2 Å². The molecule has 0 aromatic carbocycles. The Morgan fingerprint density at radius 1 is 1.50 bits per heavy atom. The molecule has 0 unspecified atom stereocenters. The molecule has 1 rings (SSSR count). The zero-order valence-electron chi connectivity index (χ0n) is 9.81. The average Bonchev–Trinajstić information content (AvgIpc) is 2.61. The first kappa shape index (κ1) is 12.7. The summed E-state index contributed by atoms with van der Waals surface area (Å²) >= 11 is 0. The fourth-order valence-electron chi connectivity index (χ4n) is 1.87. The standard InChI is InChI=1S/C13H18O3/c1-3-4-5-6-11-10(7-8-12(11)14)9-13(15)16-2/h4-5,7-8,10-11H,3,6,9H2,1-2H3/b5-4-/t10-,11+/m0/s1. The number of hydrogen-bond acceptors (Lipinski definition) is 3. The van der Waals surface area contributed by atoms with Crippen LogP contribution in [0.1, 0.15) is 26.2 Å². The van der Waals surface area contributed by atoms with Crippen LogP contribution in [0.5, 0.6) is 0 Å². The van der Waals surface area contributed by atoms with Crippen LogP contribution in [0.25, 0.3) is 0 Å². The van der Waals surface area contributed by atoms with Gasteiger partial charge in [-0.15, -0.1) is 0 Å². The fourth-order valence-corrected chi connectivity index (χ4v) is 1.87. The molecule has 3 nitrogen and oxygen atoms in total. The first-order chi connectivity index (χ1) is 7.69. The van der Waals surface area contributed by atoms with Gasteiger partial charge in [-0.2, -0.15) is 0 Å². The molecular weight excluding hydrogens is 204 g/mol. The minimum absolute atomic E-state index is 0.00135. The molecule has 1 aliphatic rings. The van der Waals surface area contributed by atoms with Crippen LogP contribution in [0, 0.1) is 11.8 Å². The summed E-state index contributed by atoms with van der Waals surface area (Å²) in [5, 5.41) is 0. The lowest BCUT2D eigenvalue weighted by Gasteiger charge is -2.14. The Morgan fingerprint density at radius 2 is 2.25 bits per heavy atom. The van der Waals surface area contributed by atoms with Crippen molar-refractivity contribution in [1.29, 1.82) is 0 Å². The number of carbonyl (C=O) groups is 2. The van der Waals surface area contributed by atoms with Gasteiger partial charge < -0.3 is 4.74 Å². The molecule has 88 valence electrons. The maximum absolute atomic E-state index is 11.6. The van der Waals surface area contributed by atoms with Gasteiger partial charge in [-0.25, -0.2) is 0 Å². The number of esters is 1. The molecule has 0 N–H and O–H groups in total. The van der Waals surface area contributed by atoms with E-state index in [1.807, 2.05) is 18.2 Å². The zero-order chi connectivity index (χ0) is 12.0. The molecule has 0 aliphatic heterocycles. The van der Waals surface area contributed by atoms with Gasteiger partial charge >= 0.3 is 5.97 Å². The largest absolute Gasteiger partial charge is 0.469 e. The highest BCUT2D eigenvalue weighted by molar-refractivity contribution is 5.95. The van der Waals surface area contributed by atoms with Gasteiger partial charge in [0.05, 0.1) is 13.5 Å². The van der Waals surface area contributed by atoms with E-state index in [-0.39, 0.29) is 23.6 Å². The molecule has 0 aromatic heterocycles. The smallest absolute Gasteiger partial charge is 0.306 e. The summed E-state index contributed by atoms with van der Waals surface area (Å²) in [4.78, 5) is 22.7. The second-order valence-corrected chi connectivity index (χ2v) is 3.93. The van der Waals surface area contributed by atoms with Gasteiger partial charge in [0.1, 0.15) is 0 Å². The van der Waals surface area contributed by atoms with Crippen LogP contribution >= 0.6 is 0 Å². The summed E-state index contributed by atoms with van der Waals surface area (Å²) in [7, 11) is 1.37. The molecule has 0 radical (unpaired) electrons. The minimum Gasteiger partial charge on any atom is -0.469 e. The molecule has 0 heterocycles. The Labute approximate surface area is 96.2 Å². The lowest BCUT2D eigenvalue weighted by atomic mass is 9.89. The van der Waals surface area contributed by atoms with Crippen molar-refractivity contribution in [2.45, 2.75) is 26.2 Å². The molecule has 0 bridgehead atoms. The average molecular weight is 222 g/mol. The molecule has 0 amide bonds. The Morgan fingerprint density at radius 3 is 2.88 bits per heavy atom. The van der Waals surface area contributed by atoms with Gasteiger partial charge in [0.2, 0.25) is 0 Å². The van der Waals surface area contributed by atoms with E-state index >= 15 is 0 Å². The first-order valence-corrected chi connectivity index (χ1v) is 5.62. The minimum atomic E-state index is -0.256. The van der Waals surface area contributed by atoms with E-state index in [2.05, 4.69) is 11.7 Å². The van der Waals surface area contributed by atoms with E-state index in [4.69, 9.17) is 0 Å². The van der Waals surface area contributed by atoms with Crippen LogP contribution in [-0.4, -0.2) is 18.9 Å². The fraction of sp³-hybridized carbons (Fsp3) is 0.538. The van der Waals surface area contributed by atoms with Crippen molar-refractivity contribution in [2.24, 2.45) is 11.8 Å². The van der Waals surface area contributed by atoms with Crippen LogP contribution in [0.3, 0.4) is 0 Å². The summed E-state index contributed by atoms with van der Waals surface area (Å²) in [6, 6.07) is 0. The summed E-state index contributed by atoms with van der Waals surface area (Å²) in [5.74, 6) is -0.216. The third-order valence-electron chi connectivity index (χ3n) is 2.81.